The van der Waals surface area contributed by atoms with Gasteiger partial charge < -0.3 is 10.8 Å². The number of carboxylic acid groups (broad SMARTS) is 1. The molecule has 1 aromatic carbocycles. The number of sulfonamides is 1. The van der Waals surface area contributed by atoms with Crippen LogP contribution >= 0.6 is 11.6 Å². The fourth-order valence-corrected chi connectivity index (χ4v) is 3.39. The molecule has 0 bridgehead atoms. The summed E-state index contributed by atoms with van der Waals surface area (Å²) in [5.41, 5.74) is 5.22. The van der Waals surface area contributed by atoms with Crippen LogP contribution in [0.5, 0.6) is 0 Å². The largest absolute Gasteiger partial charge is 0.480 e. The van der Waals surface area contributed by atoms with Crippen LogP contribution < -0.4 is 5.73 Å². The third-order valence-electron chi connectivity index (χ3n) is 2.48. The van der Waals surface area contributed by atoms with E-state index in [2.05, 4.69) is 0 Å². The predicted molar refractivity (Wildman–Crippen MR) is 71.8 cm³/mol. The summed E-state index contributed by atoms with van der Waals surface area (Å²) in [4.78, 5) is 21.5. The van der Waals surface area contributed by atoms with Gasteiger partial charge in [-0.1, -0.05) is 17.7 Å². The molecule has 110 valence electrons. The first-order valence-electron chi connectivity index (χ1n) is 5.41. The second-order valence-corrected chi connectivity index (χ2v) is 6.31. The van der Waals surface area contributed by atoms with E-state index in [0.29, 0.717) is 4.31 Å². The summed E-state index contributed by atoms with van der Waals surface area (Å²) >= 11 is 5.85. The summed E-state index contributed by atoms with van der Waals surface area (Å²) in [6, 6.07) is 4.21. The molecule has 0 heterocycles. The third-order valence-corrected chi connectivity index (χ3v) is 4.83. The highest BCUT2D eigenvalue weighted by molar-refractivity contribution is 7.89. The van der Waals surface area contributed by atoms with E-state index < -0.39 is 35.0 Å². The van der Waals surface area contributed by atoms with Crippen LogP contribution in [0, 0.1) is 6.92 Å². The van der Waals surface area contributed by atoms with Gasteiger partial charge in [-0.25, -0.2) is 8.42 Å². The highest BCUT2D eigenvalue weighted by atomic mass is 35.5. The molecule has 3 N–H and O–H groups in total. The van der Waals surface area contributed by atoms with Gasteiger partial charge >= 0.3 is 5.97 Å². The minimum absolute atomic E-state index is 0.160. The molecule has 0 spiro atoms. The summed E-state index contributed by atoms with van der Waals surface area (Å²) in [6.45, 7) is -0.101. The lowest BCUT2D eigenvalue weighted by atomic mass is 10.2. The van der Waals surface area contributed by atoms with Crippen LogP contribution in [0.15, 0.2) is 23.1 Å². The van der Waals surface area contributed by atoms with Gasteiger partial charge in [0.2, 0.25) is 15.9 Å². The average molecular weight is 321 g/mol. The van der Waals surface area contributed by atoms with Gasteiger partial charge in [-0.15, -0.1) is 0 Å². The van der Waals surface area contributed by atoms with Gasteiger partial charge in [0.25, 0.3) is 0 Å². The summed E-state index contributed by atoms with van der Waals surface area (Å²) in [6.07, 6.45) is 0. The molecule has 0 fully saturated rings. The number of carbonyl (C=O) groups excluding carboxylic acids is 1. The van der Waals surface area contributed by atoms with Crippen molar-refractivity contribution in [3.8, 4) is 0 Å². The second-order valence-electron chi connectivity index (χ2n) is 4.00. The molecule has 0 saturated heterocycles. The van der Waals surface area contributed by atoms with Gasteiger partial charge in [0.15, 0.2) is 0 Å². The number of carboxylic acids is 1. The zero-order chi connectivity index (χ0) is 15.5. The molecule has 20 heavy (non-hydrogen) atoms. The average Bonchev–Trinajstić information content (AvgIpc) is 2.30. The smallest absolute Gasteiger partial charge is 0.318 e. The number of amides is 1. The highest BCUT2D eigenvalue weighted by Gasteiger charge is 2.29. The molecular weight excluding hydrogens is 308 g/mol. The zero-order valence-electron chi connectivity index (χ0n) is 10.5. The van der Waals surface area contributed by atoms with E-state index in [1.807, 2.05) is 0 Å². The first-order valence-corrected chi connectivity index (χ1v) is 7.23. The number of hydrogen-bond acceptors (Lipinski definition) is 4. The van der Waals surface area contributed by atoms with Crippen molar-refractivity contribution in [2.75, 3.05) is 13.1 Å². The summed E-state index contributed by atoms with van der Waals surface area (Å²) < 4.78 is 25.2. The lowest BCUT2D eigenvalue weighted by molar-refractivity contribution is -0.137. The van der Waals surface area contributed by atoms with E-state index in [9.17, 15) is 18.0 Å². The summed E-state index contributed by atoms with van der Waals surface area (Å²) in [5.74, 6) is -2.34. The van der Waals surface area contributed by atoms with Gasteiger partial charge in [0, 0.05) is 5.02 Å². The van der Waals surface area contributed by atoms with E-state index in [1.54, 1.807) is 0 Å². The van der Waals surface area contributed by atoms with Crippen molar-refractivity contribution in [1.29, 1.82) is 0 Å². The number of benzene rings is 1. The Labute approximate surface area is 121 Å². The first kappa shape index (κ1) is 16.4. The molecular formula is C11H13ClN2O5S. The SMILES string of the molecule is Cc1c(Cl)cccc1S(=O)(=O)N(CC(N)=O)CC(=O)O. The van der Waals surface area contributed by atoms with Gasteiger partial charge in [-0.2, -0.15) is 4.31 Å². The Balaban J connectivity index is 3.32. The molecule has 0 aliphatic rings. The number of nitrogens with zero attached hydrogens (tertiary/aromatic N) is 1. The van der Waals surface area contributed by atoms with E-state index in [0.717, 1.165) is 0 Å². The number of rotatable bonds is 6. The van der Waals surface area contributed by atoms with E-state index in [4.69, 9.17) is 22.4 Å². The van der Waals surface area contributed by atoms with E-state index in [-0.39, 0.29) is 15.5 Å². The molecule has 0 saturated carbocycles. The van der Waals surface area contributed by atoms with E-state index >= 15 is 0 Å². The highest BCUT2D eigenvalue weighted by Crippen LogP contribution is 2.25. The molecule has 0 aromatic heterocycles. The fourth-order valence-electron chi connectivity index (χ4n) is 1.56. The van der Waals surface area contributed by atoms with Crippen LogP contribution in [0.4, 0.5) is 0 Å². The second kappa shape index (κ2) is 6.21. The number of halogens is 1. The lowest BCUT2D eigenvalue weighted by Crippen LogP contribution is -2.41. The number of aliphatic carboxylic acids is 1. The molecule has 0 aliphatic heterocycles. The molecule has 9 heteroatoms. The van der Waals surface area contributed by atoms with Crippen LogP contribution in [0.25, 0.3) is 0 Å². The molecule has 0 aliphatic carbocycles. The maximum atomic E-state index is 12.4. The Bertz CT molecular complexity index is 628. The Hall–Kier alpha value is -1.64. The maximum absolute atomic E-state index is 12.4. The number of hydrogen-bond donors (Lipinski definition) is 2. The molecule has 1 amide bonds. The topological polar surface area (TPSA) is 118 Å². The Morgan fingerprint density at radius 2 is 1.95 bits per heavy atom. The van der Waals surface area contributed by atoms with Crippen LogP contribution in [-0.4, -0.2) is 42.8 Å². The Kier molecular flexibility index (Phi) is 5.09. The van der Waals surface area contributed by atoms with Crippen LogP contribution in [-0.2, 0) is 19.6 Å². The van der Waals surface area contributed by atoms with Crippen molar-refractivity contribution in [2.24, 2.45) is 5.73 Å². The summed E-state index contributed by atoms with van der Waals surface area (Å²) in [7, 11) is -4.18. The zero-order valence-corrected chi connectivity index (χ0v) is 12.1. The monoisotopic (exact) mass is 320 g/mol. The Morgan fingerprint density at radius 3 is 2.45 bits per heavy atom. The predicted octanol–water partition coefficient (Wildman–Crippen LogP) is 0.209. The van der Waals surface area contributed by atoms with Crippen molar-refractivity contribution in [3.05, 3.63) is 28.8 Å². The van der Waals surface area contributed by atoms with Gasteiger partial charge in [-0.3, -0.25) is 9.59 Å². The normalized spacial score (nSPS) is 11.6. The third kappa shape index (κ3) is 3.69. The van der Waals surface area contributed by atoms with Crippen molar-refractivity contribution in [1.82, 2.24) is 4.31 Å². The van der Waals surface area contributed by atoms with Gasteiger partial charge in [0.05, 0.1) is 11.4 Å². The van der Waals surface area contributed by atoms with Crippen molar-refractivity contribution in [2.45, 2.75) is 11.8 Å². The Morgan fingerprint density at radius 1 is 1.35 bits per heavy atom. The minimum atomic E-state index is -4.18. The van der Waals surface area contributed by atoms with Crippen molar-refractivity contribution in [3.63, 3.8) is 0 Å². The fraction of sp³-hybridized carbons (Fsp3) is 0.273. The van der Waals surface area contributed by atoms with E-state index in [1.165, 1.54) is 25.1 Å². The number of nitrogens with two attached hydrogens (primary N) is 1. The van der Waals surface area contributed by atoms with Crippen LogP contribution in [0.2, 0.25) is 5.02 Å². The molecule has 0 radical (unpaired) electrons. The maximum Gasteiger partial charge on any atom is 0.318 e. The number of carbonyl (C=O) groups is 2. The molecule has 1 aromatic rings. The van der Waals surface area contributed by atoms with Crippen molar-refractivity contribution < 1.29 is 23.1 Å². The minimum Gasteiger partial charge on any atom is -0.480 e. The molecule has 0 unspecified atom stereocenters. The summed E-state index contributed by atoms with van der Waals surface area (Å²) in [5, 5.41) is 8.97. The lowest BCUT2D eigenvalue weighted by Gasteiger charge is -2.20. The molecule has 7 nitrogen and oxygen atoms in total. The molecule has 1 rings (SSSR count). The number of primary amides is 1. The van der Waals surface area contributed by atoms with Gasteiger partial charge in [0.1, 0.15) is 6.54 Å². The van der Waals surface area contributed by atoms with Gasteiger partial charge in [-0.05, 0) is 24.6 Å². The quantitative estimate of drug-likeness (QED) is 0.776. The molecule has 0 atom stereocenters. The van der Waals surface area contributed by atoms with Crippen LogP contribution in [0.3, 0.4) is 0 Å². The first-order chi connectivity index (χ1) is 9.16. The van der Waals surface area contributed by atoms with Crippen LogP contribution in [0.1, 0.15) is 5.56 Å². The van der Waals surface area contributed by atoms with Crippen molar-refractivity contribution >= 4 is 33.5 Å². The standard InChI is InChI=1S/C11H13ClN2O5S/c1-7-8(12)3-2-4-9(7)20(18,19)14(5-10(13)15)6-11(16)17/h2-4H,5-6H2,1H3,(H2,13,15)(H,16,17).